The van der Waals surface area contributed by atoms with Gasteiger partial charge in [0, 0.05) is 15.3 Å². The molecule has 0 saturated carbocycles. The molecule has 0 radical (unpaired) electrons. The van der Waals surface area contributed by atoms with Crippen LogP contribution in [0.25, 0.3) is 6.08 Å². The van der Waals surface area contributed by atoms with E-state index < -0.39 is 0 Å². The Labute approximate surface area is 149 Å². The Bertz CT molecular complexity index is 714. The van der Waals surface area contributed by atoms with Crippen molar-refractivity contribution in [1.29, 1.82) is 0 Å². The molecule has 0 unspecified atom stereocenters. The van der Waals surface area contributed by atoms with Crippen LogP contribution in [0.15, 0.2) is 54.6 Å². The van der Waals surface area contributed by atoms with Gasteiger partial charge in [-0.15, -0.1) is 0 Å². The summed E-state index contributed by atoms with van der Waals surface area (Å²) in [7, 11) is 0. The second-order valence-electron chi connectivity index (χ2n) is 4.65. The molecule has 0 atom stereocenters. The van der Waals surface area contributed by atoms with Crippen molar-refractivity contribution in [2.75, 3.05) is 5.32 Å². The van der Waals surface area contributed by atoms with E-state index in [2.05, 4.69) is 33.2 Å². The number of nitrogens with one attached hydrogen (secondary N) is 2. The summed E-state index contributed by atoms with van der Waals surface area (Å²) in [6, 6.07) is 15.6. The van der Waals surface area contributed by atoms with Crippen LogP contribution in [0.1, 0.15) is 11.1 Å². The first-order valence-electron chi connectivity index (χ1n) is 6.66. The highest BCUT2D eigenvalue weighted by Gasteiger charge is 2.04. The van der Waals surface area contributed by atoms with Gasteiger partial charge in [-0.05, 0) is 77.1 Å². The number of hydrogen-bond acceptors (Lipinski definition) is 2. The molecule has 1 amide bonds. The predicted molar refractivity (Wildman–Crippen MR) is 104 cm³/mol. The Balaban J connectivity index is 1.91. The fraction of sp³-hybridized carbons (Fsp3) is 0.0588. The molecule has 0 aromatic heterocycles. The van der Waals surface area contributed by atoms with Gasteiger partial charge in [-0.3, -0.25) is 10.1 Å². The van der Waals surface area contributed by atoms with Crippen LogP contribution in [-0.4, -0.2) is 11.0 Å². The summed E-state index contributed by atoms with van der Waals surface area (Å²) >= 11 is 7.41. The number of benzene rings is 2. The van der Waals surface area contributed by atoms with Crippen molar-refractivity contribution in [2.24, 2.45) is 0 Å². The van der Waals surface area contributed by atoms with Crippen LogP contribution in [-0.2, 0) is 4.79 Å². The lowest BCUT2D eigenvalue weighted by Gasteiger charge is -2.11. The first kappa shape index (κ1) is 16.6. The van der Waals surface area contributed by atoms with Crippen molar-refractivity contribution in [2.45, 2.75) is 6.92 Å². The lowest BCUT2D eigenvalue weighted by atomic mass is 10.2. The maximum Gasteiger partial charge on any atom is 0.250 e. The number of thiocarbonyl (C=S) groups is 1. The van der Waals surface area contributed by atoms with Gasteiger partial charge in [0.2, 0.25) is 5.91 Å². The zero-order valence-corrected chi connectivity index (χ0v) is 14.9. The molecule has 0 aliphatic carbocycles. The van der Waals surface area contributed by atoms with Gasteiger partial charge in [0.25, 0.3) is 0 Å². The molecule has 0 aliphatic heterocycles. The molecule has 3 nitrogen and oxygen atoms in total. The van der Waals surface area contributed by atoms with E-state index in [-0.39, 0.29) is 11.0 Å². The van der Waals surface area contributed by atoms with Crippen LogP contribution >= 0.6 is 34.8 Å². The Hall–Kier alpha value is -1.73. The van der Waals surface area contributed by atoms with Gasteiger partial charge < -0.3 is 5.32 Å². The normalized spacial score (nSPS) is 10.5. The van der Waals surface area contributed by atoms with E-state index in [4.69, 9.17) is 12.2 Å². The monoisotopic (exact) mass is 422 g/mol. The van der Waals surface area contributed by atoms with Gasteiger partial charge in [-0.1, -0.05) is 30.3 Å². The standard InChI is InChI=1S/C17H15IN2OS/c1-12-11-14(18)8-9-15(12)19-17(22)20-16(21)10-7-13-5-3-2-4-6-13/h2-11H,1H3,(H2,19,20,21,22). The van der Waals surface area contributed by atoms with Crippen LogP contribution in [0.3, 0.4) is 0 Å². The number of rotatable bonds is 3. The van der Waals surface area contributed by atoms with Gasteiger partial charge in [0.15, 0.2) is 5.11 Å². The summed E-state index contributed by atoms with van der Waals surface area (Å²) in [5, 5.41) is 5.95. The number of hydrogen-bond donors (Lipinski definition) is 2. The molecule has 2 N–H and O–H groups in total. The Morgan fingerprint density at radius 3 is 2.59 bits per heavy atom. The van der Waals surface area contributed by atoms with Crippen molar-refractivity contribution in [1.82, 2.24) is 5.32 Å². The van der Waals surface area contributed by atoms with Gasteiger partial charge >= 0.3 is 0 Å². The summed E-state index contributed by atoms with van der Waals surface area (Å²) in [4.78, 5) is 11.8. The molecule has 2 rings (SSSR count). The topological polar surface area (TPSA) is 41.1 Å². The van der Waals surface area contributed by atoms with Crippen molar-refractivity contribution in [3.63, 3.8) is 0 Å². The molecule has 0 saturated heterocycles. The molecule has 0 bridgehead atoms. The van der Waals surface area contributed by atoms with E-state index in [1.165, 1.54) is 6.08 Å². The molecule has 112 valence electrons. The van der Waals surface area contributed by atoms with Crippen molar-refractivity contribution < 1.29 is 4.79 Å². The number of amides is 1. The predicted octanol–water partition coefficient (Wildman–Crippen LogP) is 4.13. The minimum atomic E-state index is -0.260. The molecule has 0 fully saturated rings. The first-order chi connectivity index (χ1) is 10.5. The van der Waals surface area contributed by atoms with Gasteiger partial charge in [-0.25, -0.2) is 0 Å². The van der Waals surface area contributed by atoms with Crippen molar-refractivity contribution in [3.8, 4) is 0 Å². The molecule has 0 aliphatic rings. The zero-order valence-electron chi connectivity index (χ0n) is 12.0. The summed E-state index contributed by atoms with van der Waals surface area (Å²) in [6.07, 6.45) is 3.21. The quantitative estimate of drug-likeness (QED) is 0.444. The van der Waals surface area contributed by atoms with E-state index in [1.54, 1.807) is 6.08 Å². The second kappa shape index (κ2) is 8.05. The van der Waals surface area contributed by atoms with E-state index in [9.17, 15) is 4.79 Å². The molecular formula is C17H15IN2OS. The molecule has 22 heavy (non-hydrogen) atoms. The minimum Gasteiger partial charge on any atom is -0.332 e. The van der Waals surface area contributed by atoms with Crippen LogP contribution in [0.5, 0.6) is 0 Å². The van der Waals surface area contributed by atoms with Crippen molar-refractivity contribution >= 4 is 57.6 Å². The second-order valence-corrected chi connectivity index (χ2v) is 6.30. The summed E-state index contributed by atoms with van der Waals surface area (Å²) < 4.78 is 1.15. The summed E-state index contributed by atoms with van der Waals surface area (Å²) in [6.45, 7) is 1.99. The molecule has 2 aromatic rings. The maximum atomic E-state index is 11.8. The Morgan fingerprint density at radius 2 is 1.91 bits per heavy atom. The molecular weight excluding hydrogens is 407 g/mol. The maximum absolute atomic E-state index is 11.8. The average molecular weight is 422 g/mol. The highest BCUT2D eigenvalue weighted by Crippen LogP contribution is 2.17. The fourth-order valence-electron chi connectivity index (χ4n) is 1.81. The third-order valence-corrected chi connectivity index (χ3v) is 3.78. The zero-order chi connectivity index (χ0) is 15.9. The number of carbonyl (C=O) groups excluding carboxylic acids is 1. The number of aryl methyl sites for hydroxylation is 1. The minimum absolute atomic E-state index is 0.260. The Morgan fingerprint density at radius 1 is 1.18 bits per heavy atom. The van der Waals surface area contributed by atoms with E-state index >= 15 is 0 Å². The lowest BCUT2D eigenvalue weighted by molar-refractivity contribution is -0.115. The highest BCUT2D eigenvalue weighted by molar-refractivity contribution is 14.1. The summed E-state index contributed by atoms with van der Waals surface area (Å²) in [5.41, 5.74) is 2.92. The first-order valence-corrected chi connectivity index (χ1v) is 8.14. The molecule has 0 heterocycles. The average Bonchev–Trinajstić information content (AvgIpc) is 2.49. The number of halogens is 1. The molecule has 0 spiro atoms. The van der Waals surface area contributed by atoms with Crippen LogP contribution in [0, 0.1) is 10.5 Å². The number of anilines is 1. The third-order valence-electron chi connectivity index (χ3n) is 2.90. The van der Waals surface area contributed by atoms with Gasteiger partial charge in [0.1, 0.15) is 0 Å². The number of carbonyl (C=O) groups is 1. The van der Waals surface area contributed by atoms with E-state index in [0.29, 0.717) is 0 Å². The fourth-order valence-corrected chi connectivity index (χ4v) is 2.67. The van der Waals surface area contributed by atoms with E-state index in [0.717, 1.165) is 20.4 Å². The van der Waals surface area contributed by atoms with Gasteiger partial charge in [0.05, 0.1) is 0 Å². The van der Waals surface area contributed by atoms with Crippen LogP contribution in [0.2, 0.25) is 0 Å². The summed E-state index contributed by atoms with van der Waals surface area (Å²) in [5.74, 6) is -0.260. The largest absolute Gasteiger partial charge is 0.332 e. The van der Waals surface area contributed by atoms with Gasteiger partial charge in [-0.2, -0.15) is 0 Å². The Kier molecular flexibility index (Phi) is 6.09. The lowest BCUT2D eigenvalue weighted by Crippen LogP contribution is -2.33. The van der Waals surface area contributed by atoms with Crippen molar-refractivity contribution in [3.05, 3.63) is 69.3 Å². The SMILES string of the molecule is Cc1cc(I)ccc1NC(=S)NC(=O)C=Cc1ccccc1. The highest BCUT2D eigenvalue weighted by atomic mass is 127. The van der Waals surface area contributed by atoms with Crippen LogP contribution < -0.4 is 10.6 Å². The smallest absolute Gasteiger partial charge is 0.250 e. The molecule has 2 aromatic carbocycles. The third kappa shape index (κ3) is 5.23. The molecule has 5 heteroatoms. The van der Waals surface area contributed by atoms with Crippen LogP contribution in [0.4, 0.5) is 5.69 Å². The van der Waals surface area contributed by atoms with E-state index in [1.807, 2.05) is 55.5 Å².